The summed E-state index contributed by atoms with van der Waals surface area (Å²) in [4.78, 5) is 22.8. The molecule has 0 aliphatic carbocycles. The molecule has 0 bridgehead atoms. The zero-order valence-electron chi connectivity index (χ0n) is 8.60. The number of hydrogen-bond acceptors (Lipinski definition) is 3. The first-order valence-corrected chi connectivity index (χ1v) is 4.88. The van der Waals surface area contributed by atoms with Crippen LogP contribution in [-0.4, -0.2) is 11.9 Å². The fraction of sp³-hybridized carbons (Fsp3) is 0.273. The molecule has 0 unspecified atom stereocenters. The lowest BCUT2D eigenvalue weighted by Gasteiger charge is -2.09. The number of cyclic esters (lactones) is 2. The van der Waals surface area contributed by atoms with Gasteiger partial charge in [-0.1, -0.05) is 11.6 Å². The molecule has 0 spiro atoms. The monoisotopic (exact) mass is 224 g/mol. The third-order valence-corrected chi connectivity index (χ3v) is 3.36. The number of ether oxygens (including phenoxy) is 1. The number of halogens is 1. The number of fused-ring (bicyclic) bond motifs is 1. The lowest BCUT2D eigenvalue weighted by Crippen LogP contribution is -2.02. The van der Waals surface area contributed by atoms with Gasteiger partial charge in [-0.3, -0.25) is 0 Å². The van der Waals surface area contributed by atoms with Crippen LogP contribution in [0.3, 0.4) is 0 Å². The van der Waals surface area contributed by atoms with E-state index in [1.807, 2.05) is 13.8 Å². The molecule has 1 aromatic carbocycles. The predicted octanol–water partition coefficient (Wildman–Crippen LogP) is 2.58. The van der Waals surface area contributed by atoms with Crippen LogP contribution in [0.2, 0.25) is 5.02 Å². The largest absolute Gasteiger partial charge is 0.386 e. The molecule has 3 nitrogen and oxygen atoms in total. The van der Waals surface area contributed by atoms with Crippen LogP contribution in [0.5, 0.6) is 0 Å². The summed E-state index contributed by atoms with van der Waals surface area (Å²) in [5, 5.41) is 0.323. The molecule has 2 rings (SSSR count). The van der Waals surface area contributed by atoms with Crippen LogP contribution in [0.25, 0.3) is 0 Å². The average Bonchev–Trinajstić information content (AvgIpc) is 2.47. The lowest BCUT2D eigenvalue weighted by atomic mass is 9.95. The number of benzene rings is 1. The molecule has 0 N–H and O–H groups in total. The van der Waals surface area contributed by atoms with Gasteiger partial charge in [0.25, 0.3) is 0 Å². The molecule has 1 aliphatic rings. The molecule has 0 saturated heterocycles. The predicted molar refractivity (Wildman–Crippen MR) is 55.4 cm³/mol. The van der Waals surface area contributed by atoms with E-state index in [1.54, 1.807) is 6.92 Å². The molecule has 0 aromatic heterocycles. The van der Waals surface area contributed by atoms with E-state index in [9.17, 15) is 9.59 Å². The van der Waals surface area contributed by atoms with E-state index in [0.29, 0.717) is 10.6 Å². The quantitative estimate of drug-likeness (QED) is 0.503. The third kappa shape index (κ3) is 1.20. The minimum atomic E-state index is -0.647. The topological polar surface area (TPSA) is 43.4 Å². The van der Waals surface area contributed by atoms with Crippen molar-refractivity contribution in [3.63, 3.8) is 0 Å². The highest BCUT2D eigenvalue weighted by atomic mass is 35.5. The summed E-state index contributed by atoms with van der Waals surface area (Å²) in [6, 6.07) is 0. The van der Waals surface area contributed by atoms with Crippen molar-refractivity contribution < 1.29 is 14.3 Å². The van der Waals surface area contributed by atoms with Gasteiger partial charge in [0.15, 0.2) is 0 Å². The van der Waals surface area contributed by atoms with Crippen LogP contribution < -0.4 is 0 Å². The highest BCUT2D eigenvalue weighted by Crippen LogP contribution is 2.35. The van der Waals surface area contributed by atoms with Crippen molar-refractivity contribution in [2.24, 2.45) is 0 Å². The molecular weight excluding hydrogens is 216 g/mol. The van der Waals surface area contributed by atoms with Crippen molar-refractivity contribution in [3.8, 4) is 0 Å². The van der Waals surface area contributed by atoms with Gasteiger partial charge in [0.05, 0.1) is 16.1 Å². The number of rotatable bonds is 0. The van der Waals surface area contributed by atoms with Gasteiger partial charge in [0.1, 0.15) is 0 Å². The normalized spacial score (nSPS) is 14.1. The van der Waals surface area contributed by atoms with Gasteiger partial charge >= 0.3 is 11.9 Å². The summed E-state index contributed by atoms with van der Waals surface area (Å²) in [6.45, 7) is 5.48. The van der Waals surface area contributed by atoms with E-state index in [0.717, 1.165) is 16.7 Å². The Bertz CT molecular complexity index is 458. The Hall–Kier alpha value is -1.35. The van der Waals surface area contributed by atoms with Crippen molar-refractivity contribution in [2.45, 2.75) is 20.8 Å². The van der Waals surface area contributed by atoms with Gasteiger partial charge in [0, 0.05) is 0 Å². The van der Waals surface area contributed by atoms with Crippen molar-refractivity contribution >= 4 is 23.5 Å². The van der Waals surface area contributed by atoms with Crippen molar-refractivity contribution in [1.82, 2.24) is 0 Å². The third-order valence-electron chi connectivity index (χ3n) is 2.89. The molecule has 15 heavy (non-hydrogen) atoms. The minimum Gasteiger partial charge on any atom is -0.386 e. The van der Waals surface area contributed by atoms with Gasteiger partial charge in [-0.2, -0.15) is 0 Å². The van der Waals surface area contributed by atoms with Gasteiger partial charge in [-0.15, -0.1) is 0 Å². The molecule has 1 aromatic rings. The Morgan fingerprint density at radius 3 is 2.00 bits per heavy atom. The second-order valence-electron chi connectivity index (χ2n) is 3.62. The molecule has 4 heteroatoms. The number of carbonyl (C=O) groups excluding carboxylic acids is 2. The number of carbonyl (C=O) groups is 2. The fourth-order valence-corrected chi connectivity index (χ4v) is 2.06. The summed E-state index contributed by atoms with van der Waals surface area (Å²) in [5.41, 5.74) is 3.03. The van der Waals surface area contributed by atoms with Gasteiger partial charge in [-0.05, 0) is 37.5 Å². The number of hydrogen-bond donors (Lipinski definition) is 0. The van der Waals surface area contributed by atoms with E-state index in [4.69, 9.17) is 11.6 Å². The van der Waals surface area contributed by atoms with Gasteiger partial charge in [-0.25, -0.2) is 9.59 Å². The summed E-state index contributed by atoms with van der Waals surface area (Å²) < 4.78 is 4.54. The maximum Gasteiger partial charge on any atom is 0.348 e. The highest BCUT2D eigenvalue weighted by molar-refractivity contribution is 6.36. The molecule has 0 atom stereocenters. The van der Waals surface area contributed by atoms with E-state index >= 15 is 0 Å². The summed E-state index contributed by atoms with van der Waals surface area (Å²) >= 11 is 6.02. The Labute approximate surface area is 92.0 Å². The Kier molecular flexibility index (Phi) is 2.08. The summed E-state index contributed by atoms with van der Waals surface area (Å²) in [7, 11) is 0. The zero-order valence-corrected chi connectivity index (χ0v) is 9.36. The standard InChI is InChI=1S/C11H9ClO3/c1-4-5(2)7-8(9(12)6(4)3)11(14)15-10(7)13/h1-3H3. The van der Waals surface area contributed by atoms with Crippen molar-refractivity contribution in [1.29, 1.82) is 0 Å². The molecule has 0 saturated carbocycles. The second kappa shape index (κ2) is 3.07. The Morgan fingerprint density at radius 1 is 0.867 bits per heavy atom. The van der Waals surface area contributed by atoms with E-state index < -0.39 is 11.9 Å². The molecule has 1 heterocycles. The van der Waals surface area contributed by atoms with Crippen molar-refractivity contribution in [2.75, 3.05) is 0 Å². The SMILES string of the molecule is Cc1c(C)c(Cl)c2c(c1C)C(=O)OC2=O. The van der Waals surface area contributed by atoms with Gasteiger partial charge in [0.2, 0.25) is 0 Å². The van der Waals surface area contributed by atoms with E-state index in [-0.39, 0.29) is 5.56 Å². The van der Waals surface area contributed by atoms with Crippen LogP contribution in [0.4, 0.5) is 0 Å². The van der Waals surface area contributed by atoms with E-state index in [1.165, 1.54) is 0 Å². The van der Waals surface area contributed by atoms with Gasteiger partial charge < -0.3 is 4.74 Å². The van der Waals surface area contributed by atoms with Crippen LogP contribution in [0.15, 0.2) is 0 Å². The lowest BCUT2D eigenvalue weighted by molar-refractivity contribution is 0.0443. The molecular formula is C11H9ClO3. The first kappa shape index (κ1) is 10.2. The highest BCUT2D eigenvalue weighted by Gasteiger charge is 2.35. The minimum absolute atomic E-state index is 0.210. The van der Waals surface area contributed by atoms with E-state index in [2.05, 4.69) is 4.74 Å². The molecule has 78 valence electrons. The maximum absolute atomic E-state index is 11.4. The smallest absolute Gasteiger partial charge is 0.348 e. The Morgan fingerprint density at radius 2 is 1.40 bits per heavy atom. The fourth-order valence-electron chi connectivity index (χ4n) is 1.75. The first-order chi connectivity index (χ1) is 6.95. The zero-order chi connectivity index (χ0) is 11.3. The average molecular weight is 225 g/mol. The van der Waals surface area contributed by atoms with Crippen LogP contribution in [0.1, 0.15) is 37.4 Å². The van der Waals surface area contributed by atoms with Crippen molar-refractivity contribution in [3.05, 3.63) is 32.8 Å². The summed E-state index contributed by atoms with van der Waals surface area (Å²) in [6.07, 6.45) is 0. The van der Waals surface area contributed by atoms with Crippen LogP contribution in [-0.2, 0) is 4.74 Å². The Balaban J connectivity index is 2.92. The van der Waals surface area contributed by atoms with Crippen LogP contribution >= 0.6 is 11.6 Å². The number of esters is 2. The second-order valence-corrected chi connectivity index (χ2v) is 3.99. The maximum atomic E-state index is 11.4. The summed E-state index contributed by atoms with van der Waals surface area (Å²) in [5.74, 6) is -1.25. The molecule has 0 fully saturated rings. The van der Waals surface area contributed by atoms with Crippen LogP contribution in [0, 0.1) is 20.8 Å². The molecule has 1 aliphatic heterocycles. The molecule has 0 amide bonds. The molecule has 0 radical (unpaired) electrons. The first-order valence-electron chi connectivity index (χ1n) is 4.51.